The number of hydrogen-bond donors (Lipinski definition) is 1. The predicted molar refractivity (Wildman–Crippen MR) is 121 cm³/mol. The van der Waals surface area contributed by atoms with E-state index < -0.39 is 0 Å². The van der Waals surface area contributed by atoms with Crippen LogP contribution in [0, 0.1) is 34.5 Å². The third-order valence-corrected chi connectivity index (χ3v) is 10.6. The van der Waals surface area contributed by atoms with E-state index >= 15 is 0 Å². The monoisotopic (exact) mass is 394 g/mol. The fourth-order valence-corrected chi connectivity index (χ4v) is 8.90. The first-order valence-electron chi connectivity index (χ1n) is 12.6. The predicted octanol–water partition coefficient (Wildman–Crippen LogP) is 7.30. The molecule has 0 aliphatic heterocycles. The third-order valence-electron chi connectivity index (χ3n) is 10.6. The summed E-state index contributed by atoms with van der Waals surface area (Å²) in [6.07, 6.45) is 11.8. The van der Waals surface area contributed by atoms with Crippen molar-refractivity contribution in [3.63, 3.8) is 0 Å². The molecule has 0 heterocycles. The van der Waals surface area contributed by atoms with Crippen molar-refractivity contribution in [3.05, 3.63) is 35.4 Å². The molecule has 160 valence electrons. The molecule has 4 aliphatic carbocycles. The molecule has 8 atom stereocenters. The van der Waals surface area contributed by atoms with E-state index in [0.29, 0.717) is 16.7 Å². The van der Waals surface area contributed by atoms with Gasteiger partial charge in [0.15, 0.2) is 0 Å². The minimum absolute atomic E-state index is 0.0249. The molecule has 4 fully saturated rings. The summed E-state index contributed by atoms with van der Waals surface area (Å²) < 4.78 is 0. The lowest BCUT2D eigenvalue weighted by Gasteiger charge is -2.61. The Balaban J connectivity index is 1.39. The highest BCUT2D eigenvalue weighted by atomic mass is 16.3. The summed E-state index contributed by atoms with van der Waals surface area (Å²) >= 11 is 0. The van der Waals surface area contributed by atoms with E-state index in [4.69, 9.17) is 0 Å². The fourth-order valence-electron chi connectivity index (χ4n) is 8.90. The molecule has 4 saturated carbocycles. The van der Waals surface area contributed by atoms with Crippen LogP contribution in [-0.2, 0) is 0 Å². The molecule has 0 bridgehead atoms. The van der Waals surface area contributed by atoms with Gasteiger partial charge in [-0.05, 0) is 115 Å². The Morgan fingerprint density at radius 1 is 0.828 bits per heavy atom. The van der Waals surface area contributed by atoms with E-state index in [0.717, 1.165) is 42.4 Å². The van der Waals surface area contributed by atoms with Crippen LogP contribution < -0.4 is 0 Å². The van der Waals surface area contributed by atoms with Gasteiger partial charge < -0.3 is 5.11 Å². The van der Waals surface area contributed by atoms with Crippen molar-refractivity contribution in [2.24, 2.45) is 34.5 Å². The maximum atomic E-state index is 10.3. The van der Waals surface area contributed by atoms with E-state index in [9.17, 15) is 5.11 Å². The van der Waals surface area contributed by atoms with Crippen LogP contribution in [0.4, 0.5) is 0 Å². The molecule has 0 spiro atoms. The maximum absolute atomic E-state index is 10.3. The van der Waals surface area contributed by atoms with Crippen LogP contribution in [0.1, 0.15) is 108 Å². The van der Waals surface area contributed by atoms with Crippen LogP contribution in [0.5, 0.6) is 0 Å². The van der Waals surface area contributed by atoms with Crippen molar-refractivity contribution < 1.29 is 5.11 Å². The van der Waals surface area contributed by atoms with Crippen molar-refractivity contribution in [1.29, 1.82) is 0 Å². The van der Waals surface area contributed by atoms with Crippen LogP contribution in [0.25, 0.3) is 0 Å². The summed E-state index contributed by atoms with van der Waals surface area (Å²) in [4.78, 5) is 0. The molecule has 0 aromatic heterocycles. The van der Waals surface area contributed by atoms with Crippen molar-refractivity contribution >= 4 is 0 Å². The van der Waals surface area contributed by atoms with Gasteiger partial charge >= 0.3 is 0 Å². The van der Waals surface area contributed by atoms with Gasteiger partial charge in [-0.1, -0.05) is 52.0 Å². The molecule has 0 radical (unpaired) electrons. The molecule has 0 amide bonds. The average Bonchev–Trinajstić information content (AvgIpc) is 3.06. The Morgan fingerprint density at radius 3 is 2.24 bits per heavy atom. The number of hydrogen-bond acceptors (Lipinski definition) is 1. The van der Waals surface area contributed by atoms with E-state index in [1.54, 1.807) is 5.56 Å². The van der Waals surface area contributed by atoms with E-state index in [2.05, 4.69) is 52.0 Å². The van der Waals surface area contributed by atoms with Gasteiger partial charge in [0.05, 0.1) is 6.10 Å². The molecule has 1 N–H and O–H groups in total. The molecular formula is C28H42O. The molecule has 1 aromatic carbocycles. The molecule has 1 heteroatoms. The second-order valence-electron chi connectivity index (χ2n) is 12.1. The van der Waals surface area contributed by atoms with Gasteiger partial charge in [0.1, 0.15) is 0 Å². The first-order chi connectivity index (χ1) is 13.8. The van der Waals surface area contributed by atoms with Crippen LogP contribution >= 0.6 is 0 Å². The van der Waals surface area contributed by atoms with Gasteiger partial charge in [-0.25, -0.2) is 0 Å². The minimum atomic E-state index is -0.0249. The van der Waals surface area contributed by atoms with Crippen LogP contribution in [0.2, 0.25) is 0 Å². The molecule has 5 rings (SSSR count). The van der Waals surface area contributed by atoms with E-state index in [1.807, 2.05) is 0 Å². The molecule has 1 aromatic rings. The minimum Gasteiger partial charge on any atom is -0.393 e. The van der Waals surface area contributed by atoms with Crippen LogP contribution in [0.15, 0.2) is 24.3 Å². The van der Waals surface area contributed by atoms with Gasteiger partial charge in [0.25, 0.3) is 0 Å². The average molecular weight is 395 g/mol. The SMILES string of the molecule is CC(C)c1ccc([C@H]2CC[C@H]3[C@@H]4CCC5C[C@@H](O)CC[C@]5(C)[C@H]4CC[C@]23C)cc1. The summed E-state index contributed by atoms with van der Waals surface area (Å²) in [6.45, 7) is 9.86. The van der Waals surface area contributed by atoms with E-state index in [1.165, 1.54) is 50.5 Å². The first-order valence-corrected chi connectivity index (χ1v) is 12.6. The number of benzene rings is 1. The highest BCUT2D eigenvalue weighted by molar-refractivity contribution is 5.30. The Morgan fingerprint density at radius 2 is 1.52 bits per heavy atom. The lowest BCUT2D eigenvalue weighted by atomic mass is 9.44. The van der Waals surface area contributed by atoms with Crippen molar-refractivity contribution in [2.75, 3.05) is 0 Å². The second kappa shape index (κ2) is 7.11. The summed E-state index contributed by atoms with van der Waals surface area (Å²) in [5.41, 5.74) is 4.08. The number of rotatable bonds is 2. The van der Waals surface area contributed by atoms with Crippen LogP contribution in [0.3, 0.4) is 0 Å². The summed E-state index contributed by atoms with van der Waals surface area (Å²) in [5.74, 6) is 4.92. The van der Waals surface area contributed by atoms with Crippen molar-refractivity contribution in [2.45, 2.75) is 103 Å². The first kappa shape index (κ1) is 20.1. The van der Waals surface area contributed by atoms with E-state index in [-0.39, 0.29) is 6.10 Å². The topological polar surface area (TPSA) is 20.2 Å². The van der Waals surface area contributed by atoms with Crippen molar-refractivity contribution in [1.82, 2.24) is 0 Å². The third kappa shape index (κ3) is 3.05. The number of fused-ring (bicyclic) bond motifs is 5. The van der Waals surface area contributed by atoms with Crippen LogP contribution in [-0.4, -0.2) is 11.2 Å². The normalized spacial score (nSPS) is 46.8. The Labute approximate surface area is 178 Å². The van der Waals surface area contributed by atoms with Gasteiger partial charge in [-0.3, -0.25) is 0 Å². The second-order valence-corrected chi connectivity index (χ2v) is 12.1. The largest absolute Gasteiger partial charge is 0.393 e. The fraction of sp³-hybridized carbons (Fsp3) is 0.786. The maximum Gasteiger partial charge on any atom is 0.0543 e. The molecular weight excluding hydrogens is 352 g/mol. The highest BCUT2D eigenvalue weighted by Crippen LogP contribution is 2.69. The highest BCUT2D eigenvalue weighted by Gasteiger charge is 2.60. The summed E-state index contributed by atoms with van der Waals surface area (Å²) in [7, 11) is 0. The zero-order valence-corrected chi connectivity index (χ0v) is 19.2. The Kier molecular flexibility index (Phi) is 4.93. The lowest BCUT2D eigenvalue weighted by molar-refractivity contribution is -0.122. The Bertz CT molecular complexity index is 735. The van der Waals surface area contributed by atoms with Gasteiger partial charge in [0, 0.05) is 0 Å². The van der Waals surface area contributed by atoms with Gasteiger partial charge in [-0.15, -0.1) is 0 Å². The molecule has 0 saturated heterocycles. The standard InChI is InChI=1S/C28H42O/c1-18(2)19-5-7-20(8-6-19)24-11-12-25-23-10-9-21-17-22(29)13-15-27(21,3)26(23)14-16-28(24,25)4/h5-8,18,21-26,29H,9-17H2,1-4H3/t21?,22-,23-,24+,25-,26-,27-,28+/m0/s1. The molecule has 4 aliphatic rings. The quantitative estimate of drug-likeness (QED) is 0.558. The summed E-state index contributed by atoms with van der Waals surface area (Å²) in [6, 6.07) is 9.70. The lowest BCUT2D eigenvalue weighted by Crippen LogP contribution is -2.53. The molecule has 1 nitrogen and oxygen atoms in total. The summed E-state index contributed by atoms with van der Waals surface area (Å²) in [5, 5.41) is 10.3. The molecule has 1 unspecified atom stereocenters. The number of aliphatic hydroxyl groups excluding tert-OH is 1. The zero-order valence-electron chi connectivity index (χ0n) is 19.2. The van der Waals surface area contributed by atoms with Crippen molar-refractivity contribution in [3.8, 4) is 0 Å². The number of aliphatic hydroxyl groups is 1. The smallest absolute Gasteiger partial charge is 0.0543 e. The Hall–Kier alpha value is -0.820. The zero-order chi connectivity index (χ0) is 20.4. The van der Waals surface area contributed by atoms with Gasteiger partial charge in [0.2, 0.25) is 0 Å². The molecule has 29 heavy (non-hydrogen) atoms. The van der Waals surface area contributed by atoms with Gasteiger partial charge in [-0.2, -0.15) is 0 Å².